The zero-order valence-corrected chi connectivity index (χ0v) is 21.8. The highest BCUT2D eigenvalue weighted by atomic mass is 19.4. The molecule has 2 amide bonds. The van der Waals surface area contributed by atoms with Crippen molar-refractivity contribution in [3.05, 3.63) is 47.5 Å². The molecule has 1 aromatic carbocycles. The minimum atomic E-state index is -4.61. The Labute approximate surface area is 219 Å². The van der Waals surface area contributed by atoms with E-state index in [2.05, 4.69) is 38.2 Å². The first kappa shape index (κ1) is 30.0. The molecule has 3 aliphatic rings. The van der Waals surface area contributed by atoms with Crippen LogP contribution in [0.25, 0.3) is 0 Å². The van der Waals surface area contributed by atoms with Crippen molar-refractivity contribution in [1.82, 2.24) is 5.32 Å². The Kier molecular flexibility index (Phi) is 8.63. The molecule has 3 aliphatic carbocycles. The summed E-state index contributed by atoms with van der Waals surface area (Å²) in [6.45, 7) is 6.69. The molecule has 0 heterocycles. The van der Waals surface area contributed by atoms with Crippen molar-refractivity contribution in [3.8, 4) is 0 Å². The normalized spacial score (nSPS) is 35.0. The van der Waals surface area contributed by atoms with Gasteiger partial charge in [0.15, 0.2) is 0 Å². The van der Waals surface area contributed by atoms with Gasteiger partial charge in [-0.1, -0.05) is 26.0 Å². The third-order valence-corrected chi connectivity index (χ3v) is 9.45. The molecule has 0 aliphatic heterocycles. The lowest BCUT2D eigenvalue weighted by Gasteiger charge is -2.58. The van der Waals surface area contributed by atoms with Gasteiger partial charge in [-0.05, 0) is 92.9 Å². The summed E-state index contributed by atoms with van der Waals surface area (Å²) >= 11 is 0. The molecule has 1 aromatic rings. The van der Waals surface area contributed by atoms with Crippen molar-refractivity contribution >= 4 is 12.3 Å². The summed E-state index contributed by atoms with van der Waals surface area (Å²) < 4.78 is 71.6. The van der Waals surface area contributed by atoms with Gasteiger partial charge in [0.1, 0.15) is 0 Å². The fraction of sp³-hybridized carbons (Fsp3) is 0.643. The van der Waals surface area contributed by atoms with E-state index in [1.807, 2.05) is 0 Å². The molecule has 0 spiro atoms. The molecule has 7 atom stereocenters. The quantitative estimate of drug-likeness (QED) is 0.249. The summed E-state index contributed by atoms with van der Waals surface area (Å²) in [5.41, 5.74) is 3.62. The number of benzene rings is 1. The molecule has 0 radical (unpaired) electrons. The molecular formula is C28H36F6N2O2. The van der Waals surface area contributed by atoms with Gasteiger partial charge in [0.25, 0.3) is 0 Å². The van der Waals surface area contributed by atoms with E-state index in [0.29, 0.717) is 42.0 Å². The van der Waals surface area contributed by atoms with Gasteiger partial charge in [0.05, 0.1) is 11.1 Å². The number of nitrogens with two attached hydrogens (primary N) is 1. The number of nitrogens with one attached hydrogen (secondary N) is 1. The van der Waals surface area contributed by atoms with E-state index in [1.165, 1.54) is 0 Å². The molecule has 3 fully saturated rings. The SMILES string of the molecule is C/C=C\C1(C)C(NC=O)CCC2C1CCC1(C)C(C(N)=O)CCC21.FC(F)(F)c1ccc(C(F)(F)F)cc1. The maximum absolute atomic E-state index is 12.0. The Morgan fingerprint density at radius 2 is 1.47 bits per heavy atom. The molecule has 0 saturated heterocycles. The lowest BCUT2D eigenvalue weighted by molar-refractivity contribution is -0.141. The fourth-order valence-electron chi connectivity index (χ4n) is 7.65. The molecule has 3 saturated carbocycles. The Morgan fingerprint density at radius 3 is 1.92 bits per heavy atom. The number of halogens is 6. The first-order valence-electron chi connectivity index (χ1n) is 13.0. The third-order valence-electron chi connectivity index (χ3n) is 9.45. The maximum atomic E-state index is 12.0. The van der Waals surface area contributed by atoms with Gasteiger partial charge in [-0.25, -0.2) is 0 Å². The Morgan fingerprint density at radius 1 is 0.921 bits per heavy atom. The van der Waals surface area contributed by atoms with Crippen LogP contribution in [0.15, 0.2) is 36.4 Å². The molecule has 38 heavy (non-hydrogen) atoms. The summed E-state index contributed by atoms with van der Waals surface area (Å²) in [4.78, 5) is 23.0. The average Bonchev–Trinajstić information content (AvgIpc) is 3.18. The molecule has 212 valence electrons. The van der Waals surface area contributed by atoms with Crippen LogP contribution in [0.2, 0.25) is 0 Å². The number of alkyl halides is 6. The molecule has 0 aromatic heterocycles. The number of hydrogen-bond donors (Lipinski definition) is 2. The second kappa shape index (κ2) is 10.9. The smallest absolute Gasteiger partial charge is 0.369 e. The Bertz CT molecular complexity index is 989. The van der Waals surface area contributed by atoms with E-state index >= 15 is 0 Å². The molecule has 4 nitrogen and oxygen atoms in total. The van der Waals surface area contributed by atoms with E-state index in [0.717, 1.165) is 44.9 Å². The van der Waals surface area contributed by atoms with Gasteiger partial charge in [-0.2, -0.15) is 26.3 Å². The van der Waals surface area contributed by atoms with Gasteiger partial charge in [0, 0.05) is 17.4 Å². The van der Waals surface area contributed by atoms with Crippen LogP contribution in [0.4, 0.5) is 26.3 Å². The van der Waals surface area contributed by atoms with Gasteiger partial charge < -0.3 is 11.1 Å². The summed E-state index contributed by atoms with van der Waals surface area (Å²) in [5, 5.41) is 3.08. The van der Waals surface area contributed by atoms with Crippen LogP contribution >= 0.6 is 0 Å². The predicted molar refractivity (Wildman–Crippen MR) is 131 cm³/mol. The number of carbonyl (C=O) groups is 2. The second-order valence-corrected chi connectivity index (χ2v) is 11.3. The highest BCUT2D eigenvalue weighted by molar-refractivity contribution is 5.78. The monoisotopic (exact) mass is 546 g/mol. The fourth-order valence-corrected chi connectivity index (χ4v) is 7.65. The molecular weight excluding hydrogens is 510 g/mol. The van der Waals surface area contributed by atoms with Crippen LogP contribution in [0.5, 0.6) is 0 Å². The lowest BCUT2D eigenvalue weighted by atomic mass is 9.48. The van der Waals surface area contributed by atoms with Crippen molar-refractivity contribution in [1.29, 1.82) is 0 Å². The lowest BCUT2D eigenvalue weighted by Crippen LogP contribution is -2.57. The number of amides is 2. The van der Waals surface area contributed by atoms with E-state index < -0.39 is 23.5 Å². The topological polar surface area (TPSA) is 72.2 Å². The number of carbonyl (C=O) groups excluding carboxylic acids is 2. The zero-order chi connectivity index (χ0) is 28.5. The van der Waals surface area contributed by atoms with Crippen LogP contribution in [0.1, 0.15) is 70.4 Å². The largest absolute Gasteiger partial charge is 0.416 e. The second-order valence-electron chi connectivity index (χ2n) is 11.3. The minimum absolute atomic E-state index is 0.00468. The van der Waals surface area contributed by atoms with Gasteiger partial charge >= 0.3 is 12.4 Å². The zero-order valence-electron chi connectivity index (χ0n) is 21.8. The third kappa shape index (κ3) is 5.73. The van der Waals surface area contributed by atoms with Crippen LogP contribution in [-0.4, -0.2) is 18.4 Å². The Balaban J connectivity index is 0.000000244. The predicted octanol–water partition coefficient (Wildman–Crippen LogP) is 6.75. The van der Waals surface area contributed by atoms with Crippen LogP contribution in [0.3, 0.4) is 0 Å². The Hall–Kier alpha value is -2.52. The van der Waals surface area contributed by atoms with Crippen molar-refractivity contribution in [2.24, 2.45) is 40.2 Å². The van der Waals surface area contributed by atoms with Crippen molar-refractivity contribution < 1.29 is 35.9 Å². The summed E-state index contributed by atoms with van der Waals surface area (Å²) in [6.07, 6.45) is 2.55. The number of primary amides is 1. The average molecular weight is 547 g/mol. The van der Waals surface area contributed by atoms with Crippen molar-refractivity contribution in [2.75, 3.05) is 0 Å². The highest BCUT2D eigenvalue weighted by Crippen LogP contribution is 2.64. The van der Waals surface area contributed by atoms with E-state index in [9.17, 15) is 35.9 Å². The van der Waals surface area contributed by atoms with Crippen molar-refractivity contribution in [3.63, 3.8) is 0 Å². The summed E-state index contributed by atoms with van der Waals surface area (Å²) in [7, 11) is 0. The molecule has 0 bridgehead atoms. The van der Waals surface area contributed by atoms with Gasteiger partial charge in [0.2, 0.25) is 12.3 Å². The maximum Gasteiger partial charge on any atom is 0.416 e. The van der Waals surface area contributed by atoms with E-state index in [4.69, 9.17) is 5.73 Å². The molecule has 7 unspecified atom stereocenters. The van der Waals surface area contributed by atoms with Gasteiger partial charge in [-0.15, -0.1) is 0 Å². The van der Waals surface area contributed by atoms with Crippen molar-refractivity contribution in [2.45, 2.75) is 77.7 Å². The minimum Gasteiger partial charge on any atom is -0.369 e. The number of allylic oxidation sites excluding steroid dienone is 1. The first-order chi connectivity index (χ1) is 17.6. The van der Waals surface area contributed by atoms with Crippen LogP contribution in [0, 0.1) is 34.5 Å². The van der Waals surface area contributed by atoms with E-state index in [1.54, 1.807) is 0 Å². The number of hydrogen-bond acceptors (Lipinski definition) is 2. The highest BCUT2D eigenvalue weighted by Gasteiger charge is 2.60. The number of rotatable bonds is 4. The summed E-state index contributed by atoms with van der Waals surface area (Å²) in [6, 6.07) is 1.84. The number of fused-ring (bicyclic) bond motifs is 3. The molecule has 10 heteroatoms. The van der Waals surface area contributed by atoms with Crippen LogP contribution in [-0.2, 0) is 21.9 Å². The van der Waals surface area contributed by atoms with Gasteiger partial charge in [-0.3, -0.25) is 9.59 Å². The summed E-state index contributed by atoms with van der Waals surface area (Å²) in [5.74, 6) is 1.74. The van der Waals surface area contributed by atoms with E-state index in [-0.39, 0.29) is 28.7 Å². The molecule has 4 rings (SSSR count). The first-order valence-corrected chi connectivity index (χ1v) is 13.0. The molecule has 3 N–H and O–H groups in total. The van der Waals surface area contributed by atoms with Crippen LogP contribution < -0.4 is 11.1 Å². The standard InChI is InChI=1S/C20H32N2O2.C8H4F6/c1-4-10-20(3)15-9-11-19(2)14(6-7-16(19)18(21)24)13(15)5-8-17(20)22-12-23;9-7(10,11)5-1-2-6(4-3-5)8(12,13)14/h4,10,12-17H,5-9,11H2,1-3H3,(H2,21,24)(H,22,23);1-4H/b10-4-;.